The van der Waals surface area contributed by atoms with Crippen molar-refractivity contribution in [3.8, 4) is 5.75 Å². The van der Waals surface area contributed by atoms with Crippen LogP contribution in [0.5, 0.6) is 5.75 Å². The van der Waals surface area contributed by atoms with Crippen molar-refractivity contribution >= 4 is 17.6 Å². The first kappa shape index (κ1) is 10.8. The third kappa shape index (κ3) is 2.87. The Morgan fingerprint density at radius 3 is 2.60 bits per heavy atom. The largest absolute Gasteiger partial charge is 0.484 e. The number of hydrogen-bond donors (Lipinski definition) is 3. The Morgan fingerprint density at radius 1 is 1.40 bits per heavy atom. The summed E-state index contributed by atoms with van der Waals surface area (Å²) < 4.78 is 4.92. The molecule has 80 valence electrons. The minimum Gasteiger partial charge on any atom is -0.484 e. The first-order valence-corrected chi connectivity index (χ1v) is 4.04. The van der Waals surface area contributed by atoms with E-state index in [0.717, 1.165) is 0 Å². The fourth-order valence-electron chi connectivity index (χ4n) is 0.965. The molecule has 0 saturated heterocycles. The van der Waals surface area contributed by atoms with Gasteiger partial charge in [-0.2, -0.15) is 0 Å². The minimum atomic E-state index is -1.16. The van der Waals surface area contributed by atoms with E-state index >= 15 is 0 Å². The van der Waals surface area contributed by atoms with E-state index in [2.05, 4.69) is 0 Å². The van der Waals surface area contributed by atoms with Crippen LogP contribution >= 0.6 is 0 Å². The monoisotopic (exact) mass is 210 g/mol. The van der Waals surface area contributed by atoms with E-state index in [1.54, 1.807) is 0 Å². The van der Waals surface area contributed by atoms with E-state index in [1.807, 2.05) is 0 Å². The van der Waals surface area contributed by atoms with Crippen LogP contribution in [0.25, 0.3) is 0 Å². The Hall–Kier alpha value is -2.24. The van der Waals surface area contributed by atoms with Gasteiger partial charge < -0.3 is 21.3 Å². The van der Waals surface area contributed by atoms with Gasteiger partial charge in [0.1, 0.15) is 5.75 Å². The third-order valence-corrected chi connectivity index (χ3v) is 1.64. The van der Waals surface area contributed by atoms with Crippen molar-refractivity contribution in [3.63, 3.8) is 0 Å². The van der Waals surface area contributed by atoms with Crippen LogP contribution in [0.15, 0.2) is 18.2 Å². The normalized spacial score (nSPS) is 9.60. The lowest BCUT2D eigenvalue weighted by atomic mass is 10.2. The molecule has 1 rings (SSSR count). The molecule has 0 atom stereocenters. The number of nitrogens with two attached hydrogens (primary N) is 2. The van der Waals surface area contributed by atoms with E-state index in [0.29, 0.717) is 0 Å². The van der Waals surface area contributed by atoms with Crippen molar-refractivity contribution in [1.29, 1.82) is 0 Å². The van der Waals surface area contributed by atoms with Crippen molar-refractivity contribution in [2.45, 2.75) is 0 Å². The van der Waals surface area contributed by atoms with Gasteiger partial charge in [-0.25, -0.2) is 4.79 Å². The van der Waals surface area contributed by atoms with E-state index < -0.39 is 11.9 Å². The molecule has 0 saturated carbocycles. The second-order valence-electron chi connectivity index (χ2n) is 2.81. The smallest absolute Gasteiger partial charge is 0.337 e. The number of nitrogen functional groups attached to an aromatic ring is 1. The highest BCUT2D eigenvalue weighted by Crippen LogP contribution is 2.19. The maximum absolute atomic E-state index is 10.7. The number of aromatic carboxylic acids is 1. The predicted molar refractivity (Wildman–Crippen MR) is 52.5 cm³/mol. The van der Waals surface area contributed by atoms with Crippen molar-refractivity contribution in [1.82, 2.24) is 0 Å². The Labute approximate surface area is 85.4 Å². The van der Waals surface area contributed by atoms with Gasteiger partial charge in [-0.1, -0.05) is 0 Å². The number of primary amides is 1. The summed E-state index contributed by atoms with van der Waals surface area (Å²) in [4.78, 5) is 21.1. The molecule has 0 aromatic heterocycles. The van der Waals surface area contributed by atoms with Crippen molar-refractivity contribution in [2.24, 2.45) is 5.73 Å². The maximum atomic E-state index is 10.7. The van der Waals surface area contributed by atoms with Crippen molar-refractivity contribution in [3.05, 3.63) is 23.8 Å². The molecule has 1 amide bonds. The first-order chi connectivity index (χ1) is 7.00. The lowest BCUT2D eigenvalue weighted by molar-refractivity contribution is -0.119. The second kappa shape index (κ2) is 4.32. The van der Waals surface area contributed by atoms with Crippen LogP contribution in [0, 0.1) is 0 Å². The van der Waals surface area contributed by atoms with Crippen LogP contribution in [0.2, 0.25) is 0 Å². The Bertz CT molecular complexity index is 403. The van der Waals surface area contributed by atoms with E-state index in [-0.39, 0.29) is 23.6 Å². The number of carbonyl (C=O) groups excluding carboxylic acids is 1. The average Bonchev–Trinajstić information content (AvgIpc) is 2.16. The van der Waals surface area contributed by atoms with Crippen LogP contribution in [-0.2, 0) is 4.79 Å². The summed E-state index contributed by atoms with van der Waals surface area (Å²) in [6, 6.07) is 4.09. The van der Waals surface area contributed by atoms with Crippen LogP contribution in [-0.4, -0.2) is 23.6 Å². The van der Waals surface area contributed by atoms with Gasteiger partial charge in [-0.05, 0) is 18.2 Å². The molecule has 0 heterocycles. The van der Waals surface area contributed by atoms with Gasteiger partial charge in [0, 0.05) is 5.69 Å². The highest BCUT2D eigenvalue weighted by atomic mass is 16.5. The molecule has 6 nitrogen and oxygen atoms in total. The van der Waals surface area contributed by atoms with Crippen molar-refractivity contribution in [2.75, 3.05) is 12.3 Å². The Kier molecular flexibility index (Phi) is 3.12. The molecule has 6 heteroatoms. The van der Waals surface area contributed by atoms with Gasteiger partial charge in [-0.3, -0.25) is 4.79 Å². The molecular formula is C9H10N2O4. The quantitative estimate of drug-likeness (QED) is 0.596. The molecule has 0 fully saturated rings. The van der Waals surface area contributed by atoms with Gasteiger partial charge in [0.05, 0.1) is 5.56 Å². The fraction of sp³-hybridized carbons (Fsp3) is 0.111. The number of carboxylic acids is 1. The van der Waals surface area contributed by atoms with Crippen LogP contribution in [0.3, 0.4) is 0 Å². The lowest BCUT2D eigenvalue weighted by Crippen LogP contribution is -2.20. The summed E-state index contributed by atoms with van der Waals surface area (Å²) in [5.41, 5.74) is 10.3. The first-order valence-electron chi connectivity index (χ1n) is 4.04. The molecule has 0 aliphatic heterocycles. The summed E-state index contributed by atoms with van der Waals surface area (Å²) >= 11 is 0. The van der Waals surface area contributed by atoms with E-state index in [9.17, 15) is 9.59 Å². The molecule has 0 spiro atoms. The molecule has 0 radical (unpaired) electrons. The van der Waals surface area contributed by atoms with E-state index in [1.165, 1.54) is 18.2 Å². The summed E-state index contributed by atoms with van der Waals surface area (Å²) in [5.74, 6) is -1.55. The van der Waals surface area contributed by atoms with Crippen LogP contribution < -0.4 is 16.2 Å². The summed E-state index contributed by atoms with van der Waals surface area (Å²) in [6.07, 6.45) is 0. The lowest BCUT2D eigenvalue weighted by Gasteiger charge is -2.06. The molecule has 0 aliphatic rings. The molecule has 1 aromatic rings. The van der Waals surface area contributed by atoms with Crippen LogP contribution in [0.1, 0.15) is 10.4 Å². The van der Waals surface area contributed by atoms with E-state index in [4.69, 9.17) is 21.3 Å². The summed E-state index contributed by atoms with van der Waals surface area (Å²) in [7, 11) is 0. The van der Waals surface area contributed by atoms with Gasteiger partial charge in [0.2, 0.25) is 0 Å². The molecule has 0 aliphatic carbocycles. The standard InChI is InChI=1S/C9H10N2O4/c10-7-2-1-5(15-4-8(11)12)3-6(7)9(13)14/h1-3H,4,10H2,(H2,11,12)(H,13,14). The van der Waals surface area contributed by atoms with Crippen LogP contribution in [0.4, 0.5) is 5.69 Å². The Morgan fingerprint density at radius 2 is 2.07 bits per heavy atom. The van der Waals surface area contributed by atoms with Gasteiger partial charge in [0.25, 0.3) is 5.91 Å². The van der Waals surface area contributed by atoms with Gasteiger partial charge >= 0.3 is 5.97 Å². The number of amides is 1. The third-order valence-electron chi connectivity index (χ3n) is 1.64. The van der Waals surface area contributed by atoms with Gasteiger partial charge in [-0.15, -0.1) is 0 Å². The number of carboxylic acid groups (broad SMARTS) is 1. The number of ether oxygens (including phenoxy) is 1. The number of benzene rings is 1. The SMILES string of the molecule is NC(=O)COc1ccc(N)c(C(=O)O)c1. The highest BCUT2D eigenvalue weighted by Gasteiger charge is 2.09. The number of hydrogen-bond acceptors (Lipinski definition) is 4. The molecule has 15 heavy (non-hydrogen) atoms. The zero-order valence-corrected chi connectivity index (χ0v) is 7.77. The zero-order valence-electron chi connectivity index (χ0n) is 7.77. The summed E-state index contributed by atoms with van der Waals surface area (Å²) in [6.45, 7) is -0.303. The molecule has 5 N–H and O–H groups in total. The maximum Gasteiger partial charge on any atom is 0.337 e. The molecule has 0 unspecified atom stereocenters. The molecule has 1 aromatic carbocycles. The molecular weight excluding hydrogens is 200 g/mol. The number of anilines is 1. The topological polar surface area (TPSA) is 116 Å². The van der Waals surface area contributed by atoms with Gasteiger partial charge in [0.15, 0.2) is 6.61 Å². The highest BCUT2D eigenvalue weighted by molar-refractivity contribution is 5.94. The van der Waals surface area contributed by atoms with Crippen molar-refractivity contribution < 1.29 is 19.4 Å². The average molecular weight is 210 g/mol. The fourth-order valence-corrected chi connectivity index (χ4v) is 0.965. The number of carbonyl (C=O) groups is 2. The Balaban J connectivity index is 2.87. The number of rotatable bonds is 4. The zero-order chi connectivity index (χ0) is 11.4. The minimum absolute atomic E-state index is 0.0722. The summed E-state index contributed by atoms with van der Waals surface area (Å²) in [5, 5.41) is 8.74. The second-order valence-corrected chi connectivity index (χ2v) is 2.81. The predicted octanol–water partition coefficient (Wildman–Crippen LogP) is -0.169. The molecule has 0 bridgehead atoms.